The molecule has 0 aliphatic heterocycles. The van der Waals surface area contributed by atoms with Crippen LogP contribution in [0.2, 0.25) is 0 Å². The van der Waals surface area contributed by atoms with E-state index in [0.29, 0.717) is 11.6 Å². The Morgan fingerprint density at radius 1 is 1.22 bits per heavy atom. The maximum atomic E-state index is 10.7. The minimum absolute atomic E-state index is 0.352. The van der Waals surface area contributed by atoms with Gasteiger partial charge in [0.2, 0.25) is 0 Å². The SMILES string of the molecule is CC1CCC(NCc2ccc(C(=O)O)cc2)CC1. The van der Waals surface area contributed by atoms with Gasteiger partial charge in [-0.15, -0.1) is 0 Å². The molecule has 1 aliphatic rings. The lowest BCUT2D eigenvalue weighted by molar-refractivity contribution is 0.0697. The lowest BCUT2D eigenvalue weighted by Crippen LogP contribution is -2.32. The summed E-state index contributed by atoms with van der Waals surface area (Å²) < 4.78 is 0. The number of aromatic carboxylic acids is 1. The third kappa shape index (κ3) is 3.57. The first-order valence-electron chi connectivity index (χ1n) is 6.71. The van der Waals surface area contributed by atoms with E-state index in [2.05, 4.69) is 12.2 Å². The normalized spacial score (nSPS) is 23.8. The number of carboxylic acid groups (broad SMARTS) is 1. The molecule has 0 aromatic heterocycles. The monoisotopic (exact) mass is 247 g/mol. The number of nitrogens with one attached hydrogen (secondary N) is 1. The zero-order valence-electron chi connectivity index (χ0n) is 10.9. The number of hydrogen-bond donors (Lipinski definition) is 2. The molecule has 2 N–H and O–H groups in total. The second-order valence-electron chi connectivity index (χ2n) is 5.34. The molecule has 2 rings (SSSR count). The third-order valence-electron chi connectivity index (χ3n) is 3.81. The summed E-state index contributed by atoms with van der Waals surface area (Å²) in [6.07, 6.45) is 5.15. The molecule has 1 saturated carbocycles. The van der Waals surface area contributed by atoms with Crippen LogP contribution in [0.25, 0.3) is 0 Å². The molecule has 3 nitrogen and oxygen atoms in total. The number of rotatable bonds is 4. The van der Waals surface area contributed by atoms with Gasteiger partial charge in [-0.25, -0.2) is 4.79 Å². The Morgan fingerprint density at radius 2 is 1.83 bits per heavy atom. The molecule has 0 unspecified atom stereocenters. The highest BCUT2D eigenvalue weighted by molar-refractivity contribution is 5.87. The van der Waals surface area contributed by atoms with Crippen LogP contribution in [0.3, 0.4) is 0 Å². The van der Waals surface area contributed by atoms with E-state index >= 15 is 0 Å². The first-order valence-corrected chi connectivity index (χ1v) is 6.71. The van der Waals surface area contributed by atoms with Crippen molar-refractivity contribution in [1.29, 1.82) is 0 Å². The van der Waals surface area contributed by atoms with Crippen molar-refractivity contribution in [3.8, 4) is 0 Å². The van der Waals surface area contributed by atoms with Crippen LogP contribution in [0.15, 0.2) is 24.3 Å². The van der Waals surface area contributed by atoms with Crippen molar-refractivity contribution in [3.63, 3.8) is 0 Å². The molecular formula is C15H21NO2. The summed E-state index contributed by atoms with van der Waals surface area (Å²) in [6.45, 7) is 3.15. The van der Waals surface area contributed by atoms with Gasteiger partial charge in [0.1, 0.15) is 0 Å². The van der Waals surface area contributed by atoms with Gasteiger partial charge in [0.05, 0.1) is 5.56 Å². The molecule has 98 valence electrons. The summed E-state index contributed by atoms with van der Waals surface area (Å²) in [4.78, 5) is 10.7. The predicted octanol–water partition coefficient (Wildman–Crippen LogP) is 3.05. The Kier molecular flexibility index (Phi) is 4.37. The van der Waals surface area contributed by atoms with Crippen molar-refractivity contribution in [2.75, 3.05) is 0 Å². The van der Waals surface area contributed by atoms with Crippen LogP contribution in [0, 0.1) is 5.92 Å². The minimum Gasteiger partial charge on any atom is -0.478 e. The average Bonchev–Trinajstić information content (AvgIpc) is 2.38. The molecule has 0 saturated heterocycles. The number of hydrogen-bond acceptors (Lipinski definition) is 2. The molecule has 0 radical (unpaired) electrons. The Morgan fingerprint density at radius 3 is 2.39 bits per heavy atom. The van der Waals surface area contributed by atoms with Crippen molar-refractivity contribution in [1.82, 2.24) is 5.32 Å². The van der Waals surface area contributed by atoms with Crippen LogP contribution >= 0.6 is 0 Å². The van der Waals surface area contributed by atoms with E-state index < -0.39 is 5.97 Å². The van der Waals surface area contributed by atoms with Crippen molar-refractivity contribution >= 4 is 5.97 Å². The summed E-state index contributed by atoms with van der Waals surface area (Å²) in [7, 11) is 0. The molecule has 0 heterocycles. The molecule has 1 aromatic carbocycles. The van der Waals surface area contributed by atoms with E-state index in [9.17, 15) is 4.79 Å². The van der Waals surface area contributed by atoms with Gasteiger partial charge in [-0.05, 0) is 49.3 Å². The third-order valence-corrected chi connectivity index (χ3v) is 3.81. The zero-order chi connectivity index (χ0) is 13.0. The van der Waals surface area contributed by atoms with Crippen LogP contribution in [-0.4, -0.2) is 17.1 Å². The molecule has 0 bridgehead atoms. The van der Waals surface area contributed by atoms with Crippen molar-refractivity contribution in [2.24, 2.45) is 5.92 Å². The summed E-state index contributed by atoms with van der Waals surface area (Å²) in [5.41, 5.74) is 1.50. The van der Waals surface area contributed by atoms with Crippen LogP contribution in [0.4, 0.5) is 0 Å². The molecule has 3 heteroatoms. The average molecular weight is 247 g/mol. The van der Waals surface area contributed by atoms with Gasteiger partial charge in [0.15, 0.2) is 0 Å². The fourth-order valence-corrected chi connectivity index (χ4v) is 2.49. The van der Waals surface area contributed by atoms with Gasteiger partial charge in [-0.1, -0.05) is 19.1 Å². The van der Waals surface area contributed by atoms with E-state index in [1.165, 1.54) is 25.7 Å². The zero-order valence-corrected chi connectivity index (χ0v) is 10.9. The molecule has 18 heavy (non-hydrogen) atoms. The molecule has 0 amide bonds. The lowest BCUT2D eigenvalue weighted by Gasteiger charge is -2.27. The first kappa shape index (κ1) is 13.1. The van der Waals surface area contributed by atoms with Crippen LogP contribution in [-0.2, 0) is 6.54 Å². The van der Waals surface area contributed by atoms with Crippen molar-refractivity contribution < 1.29 is 9.90 Å². The van der Waals surface area contributed by atoms with Crippen LogP contribution < -0.4 is 5.32 Å². The lowest BCUT2D eigenvalue weighted by atomic mass is 9.87. The van der Waals surface area contributed by atoms with E-state index in [1.54, 1.807) is 12.1 Å². The highest BCUT2D eigenvalue weighted by atomic mass is 16.4. The Hall–Kier alpha value is -1.35. The van der Waals surface area contributed by atoms with Gasteiger partial charge in [0, 0.05) is 12.6 Å². The topological polar surface area (TPSA) is 49.3 Å². The number of carbonyl (C=O) groups is 1. The maximum Gasteiger partial charge on any atom is 0.335 e. The second kappa shape index (κ2) is 6.01. The van der Waals surface area contributed by atoms with Crippen molar-refractivity contribution in [2.45, 2.75) is 45.2 Å². The summed E-state index contributed by atoms with van der Waals surface area (Å²) in [5.74, 6) is 0.00803. The van der Waals surface area contributed by atoms with Gasteiger partial charge in [0.25, 0.3) is 0 Å². The summed E-state index contributed by atoms with van der Waals surface area (Å²) in [6, 6.07) is 7.74. The molecule has 1 fully saturated rings. The number of carboxylic acids is 1. The molecule has 0 atom stereocenters. The smallest absolute Gasteiger partial charge is 0.335 e. The molecule has 0 spiro atoms. The number of benzene rings is 1. The highest BCUT2D eigenvalue weighted by Crippen LogP contribution is 2.23. The first-order chi connectivity index (χ1) is 8.65. The standard InChI is InChI=1S/C15H21NO2/c1-11-2-8-14(9-3-11)16-10-12-4-6-13(7-5-12)15(17)18/h4-7,11,14,16H,2-3,8-10H2,1H3,(H,17,18). The summed E-state index contributed by atoms with van der Waals surface area (Å²) in [5, 5.41) is 12.4. The maximum absolute atomic E-state index is 10.7. The predicted molar refractivity (Wildman–Crippen MR) is 71.7 cm³/mol. The van der Waals surface area contributed by atoms with Crippen LogP contribution in [0.5, 0.6) is 0 Å². The van der Waals surface area contributed by atoms with Crippen molar-refractivity contribution in [3.05, 3.63) is 35.4 Å². The van der Waals surface area contributed by atoms with E-state index in [4.69, 9.17) is 5.11 Å². The van der Waals surface area contributed by atoms with E-state index in [-0.39, 0.29) is 0 Å². The Balaban J connectivity index is 1.81. The second-order valence-corrected chi connectivity index (χ2v) is 5.34. The fourth-order valence-electron chi connectivity index (χ4n) is 2.49. The van der Waals surface area contributed by atoms with E-state index in [1.807, 2.05) is 12.1 Å². The van der Waals surface area contributed by atoms with Crippen LogP contribution in [0.1, 0.15) is 48.5 Å². The Labute approximate surface area is 108 Å². The molecule has 1 aromatic rings. The summed E-state index contributed by atoms with van der Waals surface area (Å²) >= 11 is 0. The fraction of sp³-hybridized carbons (Fsp3) is 0.533. The van der Waals surface area contributed by atoms with Gasteiger partial charge in [-0.3, -0.25) is 0 Å². The minimum atomic E-state index is -0.865. The van der Waals surface area contributed by atoms with Gasteiger partial charge < -0.3 is 10.4 Å². The molecule has 1 aliphatic carbocycles. The van der Waals surface area contributed by atoms with Gasteiger partial charge in [-0.2, -0.15) is 0 Å². The highest BCUT2D eigenvalue weighted by Gasteiger charge is 2.17. The van der Waals surface area contributed by atoms with E-state index in [0.717, 1.165) is 18.0 Å². The quantitative estimate of drug-likeness (QED) is 0.859. The Bertz CT molecular complexity index is 391. The molecular weight excluding hydrogens is 226 g/mol. The van der Waals surface area contributed by atoms with Gasteiger partial charge >= 0.3 is 5.97 Å². The largest absolute Gasteiger partial charge is 0.478 e.